The highest BCUT2D eigenvalue weighted by Gasteiger charge is 2.27. The Morgan fingerprint density at radius 2 is 2.16 bits per heavy atom. The Hall–Kier alpha value is -2.16. The molecule has 1 atom stereocenters. The summed E-state index contributed by atoms with van der Waals surface area (Å²) in [4.78, 5) is 11.2. The van der Waals surface area contributed by atoms with E-state index in [0.717, 1.165) is 6.42 Å². The SMILES string of the molecule is CCC(=O)NN=CC1(c2ccccc2)C=CC=CC1. The molecule has 1 unspecified atom stereocenters. The van der Waals surface area contributed by atoms with E-state index in [1.807, 2.05) is 36.6 Å². The summed E-state index contributed by atoms with van der Waals surface area (Å²) in [7, 11) is 0. The van der Waals surface area contributed by atoms with Crippen molar-refractivity contribution in [2.75, 3.05) is 0 Å². The molecule has 0 bridgehead atoms. The molecule has 3 heteroatoms. The molecule has 1 aliphatic rings. The van der Waals surface area contributed by atoms with Crippen molar-refractivity contribution in [1.29, 1.82) is 0 Å². The second-order valence-corrected chi connectivity index (χ2v) is 4.54. The highest BCUT2D eigenvalue weighted by atomic mass is 16.2. The standard InChI is InChI=1S/C16H18N2O/c1-2-15(19)18-17-13-16(11-7-4-8-12-16)14-9-5-3-6-10-14/h3-11,13H,2,12H2,1H3,(H,18,19). The predicted molar refractivity (Wildman–Crippen MR) is 77.9 cm³/mol. The van der Waals surface area contributed by atoms with Crippen molar-refractivity contribution in [2.45, 2.75) is 25.2 Å². The van der Waals surface area contributed by atoms with Crippen LogP contribution in [-0.2, 0) is 10.2 Å². The summed E-state index contributed by atoms with van der Waals surface area (Å²) in [5.41, 5.74) is 3.45. The minimum atomic E-state index is -0.267. The minimum Gasteiger partial charge on any atom is -0.273 e. The molecular formula is C16H18N2O. The quantitative estimate of drug-likeness (QED) is 0.651. The van der Waals surface area contributed by atoms with Gasteiger partial charge in [-0.15, -0.1) is 0 Å². The number of hydrogen-bond donors (Lipinski definition) is 1. The van der Waals surface area contributed by atoms with Gasteiger partial charge in [0.15, 0.2) is 0 Å². The third kappa shape index (κ3) is 3.19. The molecule has 1 N–H and O–H groups in total. The Morgan fingerprint density at radius 3 is 2.79 bits per heavy atom. The van der Waals surface area contributed by atoms with Gasteiger partial charge >= 0.3 is 0 Å². The summed E-state index contributed by atoms with van der Waals surface area (Å²) in [5.74, 6) is -0.0743. The van der Waals surface area contributed by atoms with Crippen LogP contribution in [0.25, 0.3) is 0 Å². The average molecular weight is 254 g/mol. The van der Waals surface area contributed by atoms with Crippen LogP contribution in [0.4, 0.5) is 0 Å². The third-order valence-corrected chi connectivity index (χ3v) is 3.21. The first-order chi connectivity index (χ1) is 9.27. The lowest BCUT2D eigenvalue weighted by Crippen LogP contribution is -2.28. The molecule has 3 nitrogen and oxygen atoms in total. The van der Waals surface area contributed by atoms with Gasteiger partial charge in [-0.2, -0.15) is 5.10 Å². The Bertz CT molecular complexity index is 517. The first-order valence-electron chi connectivity index (χ1n) is 6.50. The van der Waals surface area contributed by atoms with Gasteiger partial charge < -0.3 is 0 Å². The lowest BCUT2D eigenvalue weighted by atomic mass is 9.76. The van der Waals surface area contributed by atoms with Crippen molar-refractivity contribution in [2.24, 2.45) is 5.10 Å². The van der Waals surface area contributed by atoms with Crippen LogP contribution < -0.4 is 5.43 Å². The van der Waals surface area contributed by atoms with Crippen LogP contribution in [0.15, 0.2) is 59.7 Å². The van der Waals surface area contributed by atoms with Crippen LogP contribution in [0, 0.1) is 0 Å². The number of amides is 1. The molecule has 2 rings (SSSR count). The number of carbonyl (C=O) groups excluding carboxylic acids is 1. The summed E-state index contributed by atoms with van der Waals surface area (Å²) >= 11 is 0. The second-order valence-electron chi connectivity index (χ2n) is 4.54. The molecule has 0 heterocycles. The van der Waals surface area contributed by atoms with E-state index in [0.29, 0.717) is 6.42 Å². The van der Waals surface area contributed by atoms with Crippen molar-refractivity contribution < 1.29 is 4.79 Å². The van der Waals surface area contributed by atoms with Crippen LogP contribution in [0.2, 0.25) is 0 Å². The van der Waals surface area contributed by atoms with E-state index in [9.17, 15) is 4.79 Å². The van der Waals surface area contributed by atoms with E-state index in [2.05, 4.69) is 34.8 Å². The number of rotatable bonds is 4. The lowest BCUT2D eigenvalue weighted by molar-refractivity contribution is -0.120. The Morgan fingerprint density at radius 1 is 1.37 bits per heavy atom. The highest BCUT2D eigenvalue weighted by molar-refractivity contribution is 5.81. The second kappa shape index (κ2) is 6.14. The van der Waals surface area contributed by atoms with Gasteiger partial charge in [-0.3, -0.25) is 4.79 Å². The number of nitrogens with zero attached hydrogens (tertiary/aromatic N) is 1. The maximum absolute atomic E-state index is 11.2. The topological polar surface area (TPSA) is 41.5 Å². The van der Waals surface area contributed by atoms with Crippen molar-refractivity contribution in [3.05, 3.63) is 60.2 Å². The number of benzene rings is 1. The molecule has 0 saturated carbocycles. The molecule has 0 fully saturated rings. The molecule has 1 amide bonds. The molecular weight excluding hydrogens is 236 g/mol. The smallest absolute Gasteiger partial charge is 0.239 e. The van der Waals surface area contributed by atoms with E-state index < -0.39 is 0 Å². The average Bonchev–Trinajstić information content (AvgIpc) is 2.49. The van der Waals surface area contributed by atoms with Crippen LogP contribution >= 0.6 is 0 Å². The third-order valence-electron chi connectivity index (χ3n) is 3.21. The fraction of sp³-hybridized carbons (Fsp3) is 0.250. The molecule has 0 saturated heterocycles. The van der Waals surface area contributed by atoms with E-state index in [1.54, 1.807) is 6.92 Å². The Balaban J connectivity index is 2.24. The van der Waals surface area contributed by atoms with Gasteiger partial charge in [0.1, 0.15) is 0 Å². The van der Waals surface area contributed by atoms with Gasteiger partial charge in [-0.1, -0.05) is 61.6 Å². The van der Waals surface area contributed by atoms with Crippen LogP contribution in [-0.4, -0.2) is 12.1 Å². The molecule has 19 heavy (non-hydrogen) atoms. The zero-order valence-corrected chi connectivity index (χ0v) is 11.0. The Labute approximate surface area is 113 Å². The van der Waals surface area contributed by atoms with Gasteiger partial charge in [-0.25, -0.2) is 5.43 Å². The summed E-state index contributed by atoms with van der Waals surface area (Å²) in [5, 5.41) is 4.10. The van der Waals surface area contributed by atoms with Gasteiger partial charge in [-0.05, 0) is 12.0 Å². The zero-order chi connectivity index (χ0) is 13.6. The summed E-state index contributed by atoms with van der Waals surface area (Å²) in [6.07, 6.45) is 11.4. The number of carbonyl (C=O) groups is 1. The van der Waals surface area contributed by atoms with Gasteiger partial charge in [0.25, 0.3) is 0 Å². The highest BCUT2D eigenvalue weighted by Crippen LogP contribution is 2.30. The van der Waals surface area contributed by atoms with Crippen molar-refractivity contribution in [3.63, 3.8) is 0 Å². The first-order valence-corrected chi connectivity index (χ1v) is 6.50. The van der Waals surface area contributed by atoms with E-state index >= 15 is 0 Å². The molecule has 0 spiro atoms. The fourth-order valence-electron chi connectivity index (χ4n) is 2.07. The largest absolute Gasteiger partial charge is 0.273 e. The molecule has 1 aliphatic carbocycles. The zero-order valence-electron chi connectivity index (χ0n) is 11.0. The van der Waals surface area contributed by atoms with Crippen LogP contribution in [0.3, 0.4) is 0 Å². The van der Waals surface area contributed by atoms with Crippen LogP contribution in [0.5, 0.6) is 0 Å². The maximum atomic E-state index is 11.2. The van der Waals surface area contributed by atoms with Crippen molar-refractivity contribution in [3.8, 4) is 0 Å². The monoisotopic (exact) mass is 254 g/mol. The number of allylic oxidation sites excluding steroid dienone is 4. The molecule has 0 aromatic heterocycles. The minimum absolute atomic E-state index is 0.0743. The molecule has 1 aromatic carbocycles. The lowest BCUT2D eigenvalue weighted by Gasteiger charge is -2.27. The summed E-state index contributed by atoms with van der Waals surface area (Å²) in [6, 6.07) is 10.2. The normalized spacial score (nSPS) is 21.7. The molecule has 1 aromatic rings. The number of hydrogen-bond acceptors (Lipinski definition) is 2. The van der Waals surface area contributed by atoms with Crippen LogP contribution in [0.1, 0.15) is 25.3 Å². The van der Waals surface area contributed by atoms with E-state index in [-0.39, 0.29) is 11.3 Å². The molecule has 0 aliphatic heterocycles. The van der Waals surface area contributed by atoms with Gasteiger partial charge in [0.2, 0.25) is 5.91 Å². The fourth-order valence-corrected chi connectivity index (χ4v) is 2.07. The summed E-state index contributed by atoms with van der Waals surface area (Å²) in [6.45, 7) is 1.81. The number of nitrogens with one attached hydrogen (secondary N) is 1. The van der Waals surface area contributed by atoms with Gasteiger partial charge in [0.05, 0.1) is 5.41 Å². The van der Waals surface area contributed by atoms with Gasteiger partial charge in [0, 0.05) is 12.6 Å². The molecule has 0 radical (unpaired) electrons. The Kier molecular flexibility index (Phi) is 4.29. The van der Waals surface area contributed by atoms with Crippen molar-refractivity contribution in [1.82, 2.24) is 5.43 Å². The molecule has 98 valence electrons. The predicted octanol–water partition coefficient (Wildman–Crippen LogP) is 2.95. The van der Waals surface area contributed by atoms with Crippen molar-refractivity contribution >= 4 is 12.1 Å². The number of hydrazone groups is 1. The first kappa shape index (κ1) is 13.3. The summed E-state index contributed by atoms with van der Waals surface area (Å²) < 4.78 is 0. The van der Waals surface area contributed by atoms with E-state index in [4.69, 9.17) is 0 Å². The maximum Gasteiger partial charge on any atom is 0.239 e. The van der Waals surface area contributed by atoms with E-state index in [1.165, 1.54) is 5.56 Å².